The van der Waals surface area contributed by atoms with E-state index in [0.717, 1.165) is 5.56 Å². The number of hydrogen-bond acceptors (Lipinski definition) is 4. The van der Waals surface area contributed by atoms with E-state index in [4.69, 9.17) is 12.6 Å². The Balaban J connectivity index is 2.59. The molecule has 136 valence electrons. The molecule has 0 aliphatic heterocycles. The highest BCUT2D eigenvalue weighted by Crippen LogP contribution is 2.12. The Bertz CT molecular complexity index is 535. The van der Waals surface area contributed by atoms with Gasteiger partial charge in [0.05, 0.1) is 14.5 Å². The summed E-state index contributed by atoms with van der Waals surface area (Å²) in [5.74, 6) is -0.269. The lowest BCUT2D eigenvalue weighted by atomic mass is 9.97. The summed E-state index contributed by atoms with van der Waals surface area (Å²) in [5.41, 5.74) is 1.67. The number of ether oxygens (including phenoxy) is 1. The molecule has 6 nitrogen and oxygen atoms in total. The predicted octanol–water partition coefficient (Wildman–Crippen LogP) is 1.06. The molecule has 0 fully saturated rings. The molecule has 0 aliphatic rings. The first-order valence-corrected chi connectivity index (χ1v) is 8.57. The van der Waals surface area contributed by atoms with Crippen molar-refractivity contribution < 1.29 is 14.3 Å². The highest BCUT2D eigenvalue weighted by molar-refractivity contribution is 6.08. The van der Waals surface area contributed by atoms with E-state index in [9.17, 15) is 9.59 Å². The first kappa shape index (κ1) is 21.2. The number of nitrogens with one attached hydrogen (secondary N) is 3. The second kappa shape index (κ2) is 11.7. The molecule has 0 bridgehead atoms. The van der Waals surface area contributed by atoms with Gasteiger partial charge in [0.15, 0.2) is 0 Å². The van der Waals surface area contributed by atoms with Gasteiger partial charge in [0.2, 0.25) is 11.8 Å². The van der Waals surface area contributed by atoms with Crippen LogP contribution in [0.4, 0.5) is 5.69 Å². The fourth-order valence-electron chi connectivity index (χ4n) is 2.23. The minimum atomic E-state index is -0.602. The lowest BCUT2D eigenvalue weighted by Gasteiger charge is -2.20. The molecule has 1 aromatic rings. The van der Waals surface area contributed by atoms with Crippen molar-refractivity contribution in [2.45, 2.75) is 32.6 Å². The zero-order valence-corrected chi connectivity index (χ0v) is 15.3. The lowest BCUT2D eigenvalue weighted by molar-refractivity contribution is -0.130. The molecule has 0 aliphatic carbocycles. The predicted molar refractivity (Wildman–Crippen MR) is 101 cm³/mol. The maximum absolute atomic E-state index is 12.5. The Morgan fingerprint density at radius 3 is 2.44 bits per heavy atom. The van der Waals surface area contributed by atoms with E-state index < -0.39 is 6.04 Å². The van der Waals surface area contributed by atoms with Gasteiger partial charge in [0, 0.05) is 12.2 Å². The van der Waals surface area contributed by atoms with Gasteiger partial charge in [-0.1, -0.05) is 37.9 Å². The fraction of sp³-hybridized carbons (Fsp3) is 0.556. The number of amides is 2. The quantitative estimate of drug-likeness (QED) is 0.414. The molecule has 7 heteroatoms. The zero-order valence-electron chi connectivity index (χ0n) is 15.3. The maximum atomic E-state index is 12.5. The minimum absolute atomic E-state index is 0.0608. The second-order valence-electron chi connectivity index (χ2n) is 6.30. The number of carbonyl (C=O) groups excluding carboxylic acids is 2. The van der Waals surface area contributed by atoms with E-state index in [1.54, 1.807) is 12.1 Å². The van der Waals surface area contributed by atoms with Crippen molar-refractivity contribution >= 4 is 25.3 Å². The molecule has 0 saturated carbocycles. The number of hydrogen-bond donors (Lipinski definition) is 3. The molecule has 1 unspecified atom stereocenters. The van der Waals surface area contributed by atoms with Crippen LogP contribution < -0.4 is 16.0 Å². The summed E-state index contributed by atoms with van der Waals surface area (Å²) in [7, 11) is 7.38. The summed E-state index contributed by atoms with van der Waals surface area (Å²) in [5, 5.41) is 8.52. The van der Waals surface area contributed by atoms with Gasteiger partial charge in [0.25, 0.3) is 0 Å². The molecule has 1 aromatic carbocycles. The van der Waals surface area contributed by atoms with Gasteiger partial charge in [-0.25, -0.2) is 0 Å². The van der Waals surface area contributed by atoms with E-state index in [0.29, 0.717) is 31.6 Å². The number of carbonyl (C=O) groups is 2. The van der Waals surface area contributed by atoms with Gasteiger partial charge in [-0.3, -0.25) is 9.59 Å². The summed E-state index contributed by atoms with van der Waals surface area (Å²) >= 11 is 0. The molecular weight excluding hydrogens is 317 g/mol. The van der Waals surface area contributed by atoms with Crippen molar-refractivity contribution in [2.75, 3.05) is 32.1 Å². The van der Waals surface area contributed by atoms with E-state index in [2.05, 4.69) is 16.0 Å². The van der Waals surface area contributed by atoms with Crippen molar-refractivity contribution in [1.82, 2.24) is 10.6 Å². The van der Waals surface area contributed by atoms with E-state index in [1.807, 2.05) is 33.0 Å². The minimum Gasteiger partial charge on any atom is -0.370 e. The first-order chi connectivity index (χ1) is 12.0. The molecule has 3 N–H and O–H groups in total. The van der Waals surface area contributed by atoms with Gasteiger partial charge in [-0.15, -0.1) is 0 Å². The molecule has 2 amide bonds. The summed E-state index contributed by atoms with van der Waals surface area (Å²) in [6.45, 7) is 5.06. The van der Waals surface area contributed by atoms with Crippen LogP contribution in [0.1, 0.15) is 25.8 Å². The molecule has 1 rings (SSSR count). The molecule has 1 atom stereocenters. The van der Waals surface area contributed by atoms with Crippen LogP contribution in [-0.2, 0) is 20.6 Å². The third-order valence-electron chi connectivity index (χ3n) is 3.55. The van der Waals surface area contributed by atoms with E-state index in [-0.39, 0.29) is 24.3 Å². The van der Waals surface area contributed by atoms with Crippen LogP contribution in [0, 0.1) is 5.92 Å². The molecular formula is C18H28BN3O3. The molecule has 0 saturated heterocycles. The number of anilines is 1. The van der Waals surface area contributed by atoms with Gasteiger partial charge < -0.3 is 20.7 Å². The summed E-state index contributed by atoms with van der Waals surface area (Å²) in [6, 6.07) is 6.72. The van der Waals surface area contributed by atoms with Crippen LogP contribution in [0.5, 0.6) is 0 Å². The Morgan fingerprint density at radius 2 is 1.88 bits per heavy atom. The van der Waals surface area contributed by atoms with Crippen molar-refractivity contribution in [1.29, 1.82) is 0 Å². The number of likely N-dealkylation sites (N-methyl/N-ethyl adjacent to an activating group) is 1. The molecule has 25 heavy (non-hydrogen) atoms. The van der Waals surface area contributed by atoms with Crippen LogP contribution in [0.3, 0.4) is 0 Å². The summed E-state index contributed by atoms with van der Waals surface area (Å²) in [4.78, 5) is 24.5. The van der Waals surface area contributed by atoms with Crippen LogP contribution in [0.15, 0.2) is 24.3 Å². The average molecular weight is 345 g/mol. The van der Waals surface area contributed by atoms with Gasteiger partial charge in [-0.2, -0.15) is 0 Å². The zero-order chi connectivity index (χ0) is 18.7. The van der Waals surface area contributed by atoms with Crippen molar-refractivity contribution in [2.24, 2.45) is 5.92 Å². The highest BCUT2D eigenvalue weighted by Gasteiger charge is 2.22. The van der Waals surface area contributed by atoms with Gasteiger partial charge in [-0.05, 0) is 31.5 Å². The Labute approximate surface area is 151 Å². The van der Waals surface area contributed by atoms with Gasteiger partial charge >= 0.3 is 0 Å². The Morgan fingerprint density at radius 1 is 1.20 bits per heavy atom. The fourth-order valence-corrected chi connectivity index (χ4v) is 2.23. The van der Waals surface area contributed by atoms with Crippen LogP contribution in [-0.4, -0.2) is 52.5 Å². The smallest absolute Gasteiger partial charge is 0.246 e. The molecule has 0 spiro atoms. The monoisotopic (exact) mass is 345 g/mol. The van der Waals surface area contributed by atoms with Crippen LogP contribution in [0.25, 0.3) is 0 Å². The highest BCUT2D eigenvalue weighted by atomic mass is 16.5. The summed E-state index contributed by atoms with van der Waals surface area (Å²) < 4.78 is 5.25. The molecule has 0 heterocycles. The standard InChI is InChI=1S/C18H28BN3O3/c1-13(2)10-16(22-17(23)12-25-9-8-20-3)18(24)21-15-6-4-14(11-19)5-7-15/h4-7,13,16,20H,8-12H2,1-3H3,(H,21,24)(H,22,23). The third-order valence-corrected chi connectivity index (χ3v) is 3.55. The van der Waals surface area contributed by atoms with Crippen LogP contribution >= 0.6 is 0 Å². The van der Waals surface area contributed by atoms with Gasteiger partial charge in [0.1, 0.15) is 12.6 Å². The molecule has 0 aromatic heterocycles. The number of rotatable bonds is 11. The third kappa shape index (κ3) is 8.70. The van der Waals surface area contributed by atoms with E-state index >= 15 is 0 Å². The summed E-state index contributed by atoms with van der Waals surface area (Å²) in [6.07, 6.45) is 1.00. The van der Waals surface area contributed by atoms with Crippen molar-refractivity contribution in [3.63, 3.8) is 0 Å². The topological polar surface area (TPSA) is 79.5 Å². The van der Waals surface area contributed by atoms with E-state index in [1.165, 1.54) is 0 Å². The average Bonchev–Trinajstić information content (AvgIpc) is 2.58. The SMILES string of the molecule is [B]Cc1ccc(NC(=O)C(CC(C)C)NC(=O)COCCNC)cc1. The molecule has 2 radical (unpaired) electrons. The Kier molecular flexibility index (Phi) is 9.88. The number of benzene rings is 1. The first-order valence-electron chi connectivity index (χ1n) is 8.57. The lowest BCUT2D eigenvalue weighted by Crippen LogP contribution is -2.46. The van der Waals surface area contributed by atoms with Crippen LogP contribution in [0.2, 0.25) is 0 Å². The Hall–Kier alpha value is -1.86. The second-order valence-corrected chi connectivity index (χ2v) is 6.30. The maximum Gasteiger partial charge on any atom is 0.246 e. The largest absolute Gasteiger partial charge is 0.370 e. The van der Waals surface area contributed by atoms with Crippen molar-refractivity contribution in [3.8, 4) is 0 Å². The van der Waals surface area contributed by atoms with Crippen molar-refractivity contribution in [3.05, 3.63) is 29.8 Å². The normalized spacial score (nSPS) is 12.0.